The number of rotatable bonds is 1. The van der Waals surface area contributed by atoms with Gasteiger partial charge in [0, 0.05) is 11.1 Å². The maximum Gasteiger partial charge on any atom is 0.168 e. The first kappa shape index (κ1) is 7.92. The molecule has 2 heteroatoms. The van der Waals surface area contributed by atoms with Gasteiger partial charge >= 0.3 is 0 Å². The SMILES string of the molecule is Cc1nc(C=O)cc2ccccc12. The third kappa shape index (κ3) is 1.31. The molecule has 64 valence electrons. The van der Waals surface area contributed by atoms with E-state index in [1.54, 1.807) is 6.07 Å². The van der Waals surface area contributed by atoms with Crippen LogP contribution >= 0.6 is 0 Å². The molecule has 0 unspecified atom stereocenters. The molecule has 0 N–H and O–H groups in total. The number of aldehydes is 1. The highest BCUT2D eigenvalue weighted by Crippen LogP contribution is 2.16. The van der Waals surface area contributed by atoms with Crippen molar-refractivity contribution >= 4 is 17.1 Å². The molecule has 0 fully saturated rings. The summed E-state index contributed by atoms with van der Waals surface area (Å²) in [6, 6.07) is 9.71. The summed E-state index contributed by atoms with van der Waals surface area (Å²) in [5.74, 6) is 0. The zero-order valence-corrected chi connectivity index (χ0v) is 7.32. The number of fused-ring (bicyclic) bond motifs is 1. The van der Waals surface area contributed by atoms with E-state index in [2.05, 4.69) is 4.98 Å². The topological polar surface area (TPSA) is 30.0 Å². The maximum absolute atomic E-state index is 10.5. The molecule has 0 saturated heterocycles. The smallest absolute Gasteiger partial charge is 0.168 e. The monoisotopic (exact) mass is 171 g/mol. The highest BCUT2D eigenvalue weighted by molar-refractivity contribution is 5.88. The number of hydrogen-bond acceptors (Lipinski definition) is 2. The molecule has 0 saturated carbocycles. The molecule has 0 radical (unpaired) electrons. The summed E-state index contributed by atoms with van der Waals surface area (Å²) < 4.78 is 0. The van der Waals surface area contributed by atoms with Gasteiger partial charge in [-0.15, -0.1) is 0 Å². The van der Waals surface area contributed by atoms with Gasteiger partial charge in [-0.05, 0) is 18.4 Å². The molecule has 2 rings (SSSR count). The van der Waals surface area contributed by atoms with Crippen molar-refractivity contribution in [3.05, 3.63) is 41.7 Å². The van der Waals surface area contributed by atoms with Crippen LogP contribution in [0.25, 0.3) is 10.8 Å². The third-order valence-corrected chi connectivity index (χ3v) is 2.07. The number of aryl methyl sites for hydroxylation is 1. The lowest BCUT2D eigenvalue weighted by Crippen LogP contribution is -1.90. The molecule has 2 aromatic rings. The second-order valence-electron chi connectivity index (χ2n) is 2.97. The largest absolute Gasteiger partial charge is 0.296 e. The minimum atomic E-state index is 0.496. The van der Waals surface area contributed by atoms with Crippen molar-refractivity contribution in [1.29, 1.82) is 0 Å². The van der Waals surface area contributed by atoms with Gasteiger partial charge in [-0.1, -0.05) is 24.3 Å². The average molecular weight is 171 g/mol. The van der Waals surface area contributed by atoms with Crippen molar-refractivity contribution in [2.24, 2.45) is 0 Å². The molecule has 0 bridgehead atoms. The van der Waals surface area contributed by atoms with Crippen LogP contribution in [0.5, 0.6) is 0 Å². The predicted octanol–water partition coefficient (Wildman–Crippen LogP) is 2.36. The summed E-state index contributed by atoms with van der Waals surface area (Å²) in [5.41, 5.74) is 1.40. The lowest BCUT2D eigenvalue weighted by molar-refractivity contribution is 0.111. The Labute approximate surface area is 76.2 Å². The Bertz CT molecular complexity index is 463. The molecule has 1 aromatic carbocycles. The van der Waals surface area contributed by atoms with Crippen LogP contribution in [0.3, 0.4) is 0 Å². The first-order valence-corrected chi connectivity index (χ1v) is 4.13. The van der Waals surface area contributed by atoms with Crippen molar-refractivity contribution in [3.63, 3.8) is 0 Å². The van der Waals surface area contributed by atoms with E-state index in [4.69, 9.17) is 0 Å². The Morgan fingerprint density at radius 2 is 2.08 bits per heavy atom. The van der Waals surface area contributed by atoms with E-state index in [-0.39, 0.29) is 0 Å². The van der Waals surface area contributed by atoms with Crippen molar-refractivity contribution in [1.82, 2.24) is 4.98 Å². The van der Waals surface area contributed by atoms with E-state index in [0.29, 0.717) is 5.69 Å². The lowest BCUT2D eigenvalue weighted by atomic mass is 10.1. The molecule has 1 aromatic heterocycles. The molecule has 0 aliphatic carbocycles. The van der Waals surface area contributed by atoms with Crippen molar-refractivity contribution in [3.8, 4) is 0 Å². The van der Waals surface area contributed by atoms with E-state index in [1.165, 1.54) is 0 Å². The second-order valence-corrected chi connectivity index (χ2v) is 2.97. The zero-order valence-electron chi connectivity index (χ0n) is 7.32. The Kier molecular flexibility index (Phi) is 1.81. The van der Waals surface area contributed by atoms with Gasteiger partial charge in [-0.25, -0.2) is 4.98 Å². The summed E-state index contributed by atoms with van der Waals surface area (Å²) in [6.45, 7) is 1.91. The van der Waals surface area contributed by atoms with Gasteiger partial charge < -0.3 is 0 Å². The lowest BCUT2D eigenvalue weighted by Gasteiger charge is -2.01. The number of carbonyl (C=O) groups excluding carboxylic acids is 1. The zero-order chi connectivity index (χ0) is 9.26. The van der Waals surface area contributed by atoms with Crippen LogP contribution < -0.4 is 0 Å². The maximum atomic E-state index is 10.5. The predicted molar refractivity (Wildman–Crippen MR) is 51.9 cm³/mol. The number of pyridine rings is 1. The van der Waals surface area contributed by atoms with Crippen molar-refractivity contribution in [2.45, 2.75) is 6.92 Å². The van der Waals surface area contributed by atoms with E-state index >= 15 is 0 Å². The molecule has 0 atom stereocenters. The van der Waals surface area contributed by atoms with Crippen molar-refractivity contribution in [2.75, 3.05) is 0 Å². The van der Waals surface area contributed by atoms with Crippen LogP contribution in [-0.4, -0.2) is 11.3 Å². The van der Waals surface area contributed by atoms with Crippen LogP contribution in [0.4, 0.5) is 0 Å². The number of aromatic nitrogens is 1. The van der Waals surface area contributed by atoms with E-state index in [9.17, 15) is 4.79 Å². The summed E-state index contributed by atoms with van der Waals surface area (Å²) in [4.78, 5) is 14.7. The molecular formula is C11H9NO. The minimum Gasteiger partial charge on any atom is -0.296 e. The first-order valence-electron chi connectivity index (χ1n) is 4.13. The second kappa shape index (κ2) is 2.98. The Balaban J connectivity index is 2.84. The molecule has 0 spiro atoms. The van der Waals surface area contributed by atoms with Gasteiger partial charge in [-0.3, -0.25) is 4.79 Å². The van der Waals surface area contributed by atoms with Gasteiger partial charge in [0.2, 0.25) is 0 Å². The fourth-order valence-corrected chi connectivity index (χ4v) is 1.46. The molecule has 13 heavy (non-hydrogen) atoms. The normalized spacial score (nSPS) is 10.2. The molecule has 2 nitrogen and oxygen atoms in total. The van der Waals surface area contributed by atoms with Gasteiger partial charge in [-0.2, -0.15) is 0 Å². The number of hydrogen-bond donors (Lipinski definition) is 0. The summed E-state index contributed by atoms with van der Waals surface area (Å²) in [7, 11) is 0. The molecule has 0 aliphatic heterocycles. The Morgan fingerprint density at radius 3 is 2.85 bits per heavy atom. The van der Waals surface area contributed by atoms with Crippen LogP contribution in [-0.2, 0) is 0 Å². The first-order chi connectivity index (χ1) is 6.31. The van der Waals surface area contributed by atoms with Gasteiger partial charge in [0.05, 0.1) is 0 Å². The highest BCUT2D eigenvalue weighted by atomic mass is 16.1. The molecular weight excluding hydrogens is 162 g/mol. The van der Waals surface area contributed by atoms with Gasteiger partial charge in [0.15, 0.2) is 6.29 Å². The van der Waals surface area contributed by atoms with Gasteiger partial charge in [0.1, 0.15) is 5.69 Å². The van der Waals surface area contributed by atoms with E-state index in [1.807, 2.05) is 31.2 Å². The van der Waals surface area contributed by atoms with Crippen LogP contribution in [0, 0.1) is 6.92 Å². The van der Waals surface area contributed by atoms with E-state index in [0.717, 1.165) is 22.8 Å². The Morgan fingerprint density at radius 1 is 1.31 bits per heavy atom. The van der Waals surface area contributed by atoms with Crippen LogP contribution in [0.2, 0.25) is 0 Å². The molecule has 0 aliphatic rings. The minimum absolute atomic E-state index is 0.496. The van der Waals surface area contributed by atoms with Crippen LogP contribution in [0.1, 0.15) is 16.2 Å². The van der Waals surface area contributed by atoms with Crippen molar-refractivity contribution < 1.29 is 4.79 Å². The summed E-state index contributed by atoms with van der Waals surface area (Å²) in [5, 5.41) is 2.17. The quantitative estimate of drug-likeness (QED) is 0.616. The fraction of sp³-hybridized carbons (Fsp3) is 0.0909. The third-order valence-electron chi connectivity index (χ3n) is 2.07. The Hall–Kier alpha value is -1.70. The standard InChI is InChI=1S/C11H9NO/c1-8-11-5-3-2-4-9(11)6-10(7-13)12-8/h2-7H,1H3. The number of nitrogens with zero attached hydrogens (tertiary/aromatic N) is 1. The van der Waals surface area contributed by atoms with Gasteiger partial charge in [0.25, 0.3) is 0 Å². The summed E-state index contributed by atoms with van der Waals surface area (Å²) in [6.07, 6.45) is 0.777. The van der Waals surface area contributed by atoms with E-state index < -0.39 is 0 Å². The highest BCUT2D eigenvalue weighted by Gasteiger charge is 1.99. The number of benzene rings is 1. The molecule has 1 heterocycles. The fourth-order valence-electron chi connectivity index (χ4n) is 1.46. The van der Waals surface area contributed by atoms with Crippen LogP contribution in [0.15, 0.2) is 30.3 Å². The summed E-state index contributed by atoms with van der Waals surface area (Å²) >= 11 is 0. The number of carbonyl (C=O) groups is 1. The molecule has 0 amide bonds. The average Bonchev–Trinajstić information content (AvgIpc) is 2.18.